The lowest BCUT2D eigenvalue weighted by atomic mass is 9.93. The molecule has 0 spiro atoms. The largest absolute Gasteiger partial charge is 0.497 e. The summed E-state index contributed by atoms with van der Waals surface area (Å²) in [4.78, 5) is 19.4. The molecule has 36 heavy (non-hydrogen) atoms. The Labute approximate surface area is 215 Å². The molecule has 0 saturated heterocycles. The number of benzene rings is 4. The number of hydrogen-bond acceptors (Lipinski definition) is 2. The Kier molecular flexibility index (Phi) is 5.74. The molecular weight excluding hydrogens is 468 g/mol. The van der Waals surface area contributed by atoms with Gasteiger partial charge in [-0.1, -0.05) is 72.3 Å². The smallest absolute Gasteiger partial charge is 0.255 e. The first-order valence-corrected chi connectivity index (χ1v) is 12.4. The monoisotopic (exact) mass is 492 g/mol. The fourth-order valence-electron chi connectivity index (χ4n) is 5.27. The minimum absolute atomic E-state index is 0.0615. The van der Waals surface area contributed by atoms with E-state index in [2.05, 4.69) is 35.3 Å². The molecule has 1 amide bonds. The van der Waals surface area contributed by atoms with Gasteiger partial charge in [-0.2, -0.15) is 0 Å². The molecule has 4 aromatic carbocycles. The van der Waals surface area contributed by atoms with E-state index in [1.165, 1.54) is 0 Å². The molecule has 0 aliphatic carbocycles. The van der Waals surface area contributed by atoms with Gasteiger partial charge >= 0.3 is 0 Å². The normalized spacial score (nSPS) is 14.9. The molecule has 0 bridgehead atoms. The Morgan fingerprint density at radius 2 is 1.69 bits per heavy atom. The Morgan fingerprint density at radius 1 is 0.917 bits per heavy atom. The van der Waals surface area contributed by atoms with Crippen molar-refractivity contribution < 1.29 is 9.53 Å². The fraction of sp³-hybridized carbons (Fsp3) is 0.129. The number of nitrogens with zero attached hydrogens (tertiary/aromatic N) is 1. The first-order valence-electron chi connectivity index (χ1n) is 12.0. The number of fused-ring (bicyclic) bond motifs is 2. The van der Waals surface area contributed by atoms with Crippen LogP contribution in [0.1, 0.15) is 33.1 Å². The van der Waals surface area contributed by atoms with E-state index in [4.69, 9.17) is 16.3 Å². The number of hydrogen-bond donors (Lipinski definition) is 1. The molecule has 1 atom stereocenters. The predicted octanol–water partition coefficient (Wildman–Crippen LogP) is 7.28. The Balaban J connectivity index is 1.51. The molecular formula is C31H25ClN2O2. The molecule has 1 N–H and O–H groups in total. The van der Waals surface area contributed by atoms with E-state index >= 15 is 0 Å². The summed E-state index contributed by atoms with van der Waals surface area (Å²) in [6.07, 6.45) is 0.740. The summed E-state index contributed by atoms with van der Waals surface area (Å²) in [6, 6.07) is 32.0. The number of H-pyrrole nitrogens is 1. The van der Waals surface area contributed by atoms with Crippen LogP contribution in [0.15, 0.2) is 97.1 Å². The van der Waals surface area contributed by atoms with Gasteiger partial charge in [0.25, 0.3) is 5.91 Å². The molecule has 6 rings (SSSR count). The minimum atomic E-state index is -0.210. The highest BCUT2D eigenvalue weighted by Crippen LogP contribution is 2.45. The average Bonchev–Trinajstić information content (AvgIpc) is 3.43. The average molecular weight is 493 g/mol. The number of carbonyl (C=O) groups excluding carboxylic acids is 1. The molecule has 2 heterocycles. The number of amides is 1. The molecule has 4 nitrogen and oxygen atoms in total. The number of para-hydroxylation sites is 1. The van der Waals surface area contributed by atoms with Gasteiger partial charge in [-0.05, 0) is 53.9 Å². The topological polar surface area (TPSA) is 45.3 Å². The van der Waals surface area contributed by atoms with E-state index in [1.807, 2.05) is 71.6 Å². The van der Waals surface area contributed by atoms with Crippen LogP contribution in [-0.2, 0) is 6.42 Å². The van der Waals surface area contributed by atoms with Crippen LogP contribution in [0.4, 0.5) is 0 Å². The highest BCUT2D eigenvalue weighted by Gasteiger charge is 2.39. The van der Waals surface area contributed by atoms with Crippen LogP contribution in [0, 0.1) is 0 Å². The van der Waals surface area contributed by atoms with Crippen LogP contribution >= 0.6 is 11.6 Å². The van der Waals surface area contributed by atoms with Crippen LogP contribution < -0.4 is 4.74 Å². The summed E-state index contributed by atoms with van der Waals surface area (Å²) < 4.78 is 5.52. The molecule has 1 unspecified atom stereocenters. The van der Waals surface area contributed by atoms with E-state index in [-0.39, 0.29) is 11.9 Å². The van der Waals surface area contributed by atoms with Gasteiger partial charge in [-0.15, -0.1) is 0 Å². The predicted molar refractivity (Wildman–Crippen MR) is 145 cm³/mol. The minimum Gasteiger partial charge on any atom is -0.497 e. The molecule has 1 aromatic heterocycles. The van der Waals surface area contributed by atoms with E-state index < -0.39 is 0 Å². The lowest BCUT2D eigenvalue weighted by Gasteiger charge is -2.27. The van der Waals surface area contributed by atoms with Crippen molar-refractivity contribution in [3.05, 3.63) is 124 Å². The summed E-state index contributed by atoms with van der Waals surface area (Å²) >= 11 is 6.09. The van der Waals surface area contributed by atoms with Gasteiger partial charge in [-0.3, -0.25) is 4.79 Å². The number of aromatic nitrogens is 1. The van der Waals surface area contributed by atoms with Crippen molar-refractivity contribution in [2.24, 2.45) is 0 Å². The van der Waals surface area contributed by atoms with Gasteiger partial charge < -0.3 is 14.6 Å². The second-order valence-electron chi connectivity index (χ2n) is 9.06. The maximum Gasteiger partial charge on any atom is 0.255 e. The molecule has 0 saturated carbocycles. The maximum atomic E-state index is 13.7. The van der Waals surface area contributed by atoms with Crippen molar-refractivity contribution in [1.82, 2.24) is 9.88 Å². The van der Waals surface area contributed by atoms with Crippen LogP contribution in [-0.4, -0.2) is 29.4 Å². The third kappa shape index (κ3) is 3.84. The fourth-order valence-corrected chi connectivity index (χ4v) is 5.39. The van der Waals surface area contributed by atoms with Gasteiger partial charge in [0.1, 0.15) is 5.75 Å². The number of ether oxygens (including phenoxy) is 1. The van der Waals surface area contributed by atoms with Crippen molar-refractivity contribution >= 4 is 28.4 Å². The highest BCUT2D eigenvalue weighted by atomic mass is 35.5. The number of aromatic amines is 1. The molecule has 178 valence electrons. The highest BCUT2D eigenvalue weighted by molar-refractivity contribution is 6.30. The van der Waals surface area contributed by atoms with Crippen molar-refractivity contribution in [1.29, 1.82) is 0 Å². The van der Waals surface area contributed by atoms with Crippen molar-refractivity contribution in [2.45, 2.75) is 12.5 Å². The first-order chi connectivity index (χ1) is 17.6. The van der Waals surface area contributed by atoms with Gasteiger partial charge in [0.05, 0.1) is 18.8 Å². The zero-order valence-corrected chi connectivity index (χ0v) is 20.6. The number of rotatable bonds is 6. The number of halogens is 1. The number of nitrogens with one attached hydrogen (secondary N) is 1. The lowest BCUT2D eigenvalue weighted by Crippen LogP contribution is -2.31. The second kappa shape index (κ2) is 9.21. The molecule has 0 fully saturated rings. The molecule has 5 aromatic rings. The Bertz CT molecular complexity index is 1570. The van der Waals surface area contributed by atoms with Crippen LogP contribution in [0.2, 0.25) is 5.02 Å². The zero-order valence-electron chi connectivity index (χ0n) is 19.9. The summed E-state index contributed by atoms with van der Waals surface area (Å²) in [5.41, 5.74) is 7.12. The SMILES string of the molecule is COc1cccc(-c2[nH]c3ccccc3c2C2c3ccccc3C(=O)N2CCc2ccc(Cl)cc2)c1. The summed E-state index contributed by atoms with van der Waals surface area (Å²) in [6.45, 7) is 0.594. The maximum absolute atomic E-state index is 13.7. The standard InChI is InChI=1S/C31H25ClN2O2/c1-36-23-8-6-7-21(19-23)29-28(26-11-4-5-12-27(26)33-29)30-24-9-2-3-10-25(24)31(35)34(30)18-17-20-13-15-22(32)16-14-20/h2-16,19,30,33H,17-18H2,1H3. The second-order valence-corrected chi connectivity index (χ2v) is 9.49. The van der Waals surface area contributed by atoms with E-state index in [9.17, 15) is 4.79 Å². The lowest BCUT2D eigenvalue weighted by molar-refractivity contribution is 0.0753. The summed E-state index contributed by atoms with van der Waals surface area (Å²) in [7, 11) is 1.68. The quantitative estimate of drug-likeness (QED) is 0.270. The summed E-state index contributed by atoms with van der Waals surface area (Å²) in [5.74, 6) is 0.853. The molecule has 0 radical (unpaired) electrons. The zero-order chi connectivity index (χ0) is 24.6. The van der Waals surface area contributed by atoms with Crippen LogP contribution in [0.5, 0.6) is 5.75 Å². The number of methoxy groups -OCH3 is 1. The first kappa shape index (κ1) is 22.4. The van der Waals surface area contributed by atoms with E-state index in [0.29, 0.717) is 11.6 Å². The van der Waals surface area contributed by atoms with Crippen LogP contribution in [0.25, 0.3) is 22.2 Å². The van der Waals surface area contributed by atoms with Crippen molar-refractivity contribution in [2.75, 3.05) is 13.7 Å². The molecule has 1 aliphatic heterocycles. The third-order valence-electron chi connectivity index (χ3n) is 6.99. The van der Waals surface area contributed by atoms with Gasteiger partial charge in [0.15, 0.2) is 0 Å². The Morgan fingerprint density at radius 3 is 2.53 bits per heavy atom. The summed E-state index contributed by atoms with van der Waals surface area (Å²) in [5, 5.41) is 1.82. The van der Waals surface area contributed by atoms with Gasteiger partial charge in [0.2, 0.25) is 0 Å². The van der Waals surface area contributed by atoms with Crippen molar-refractivity contribution in [3.8, 4) is 17.0 Å². The molecule has 1 aliphatic rings. The van der Waals surface area contributed by atoms with E-state index in [0.717, 1.165) is 56.6 Å². The van der Waals surface area contributed by atoms with E-state index in [1.54, 1.807) is 7.11 Å². The van der Waals surface area contributed by atoms with Crippen LogP contribution in [0.3, 0.4) is 0 Å². The van der Waals surface area contributed by atoms with Gasteiger partial charge in [-0.25, -0.2) is 0 Å². The van der Waals surface area contributed by atoms with Crippen molar-refractivity contribution in [3.63, 3.8) is 0 Å². The Hall–Kier alpha value is -4.02. The number of carbonyl (C=O) groups is 1. The third-order valence-corrected chi connectivity index (χ3v) is 7.24. The molecule has 5 heteroatoms. The van der Waals surface area contributed by atoms with Gasteiger partial charge in [0, 0.05) is 39.2 Å².